The van der Waals surface area contributed by atoms with E-state index in [0.717, 1.165) is 35.3 Å². The molecule has 0 spiro atoms. The van der Waals surface area contributed by atoms with Crippen LogP contribution in [0.4, 0.5) is 0 Å². The summed E-state index contributed by atoms with van der Waals surface area (Å²) < 4.78 is 1.55. The van der Waals surface area contributed by atoms with Crippen molar-refractivity contribution in [1.29, 1.82) is 5.41 Å². The van der Waals surface area contributed by atoms with Crippen LogP contribution in [0.2, 0.25) is 0 Å². The molecule has 9 nitrogen and oxygen atoms in total. The van der Waals surface area contributed by atoms with Gasteiger partial charge in [0, 0.05) is 41.9 Å². The minimum atomic E-state index is -0.337. The SMILES string of the molecule is CC(C)(C)c1cc2cn(-c3ccc([C@@H](CCO)NCCCNC(=N)N)cc3)c(=O)nc2[nH]1. The Labute approximate surface area is 187 Å². The number of aliphatic hydroxyl groups is 1. The molecule has 1 aromatic carbocycles. The quantitative estimate of drug-likeness (QED) is 0.171. The highest BCUT2D eigenvalue weighted by atomic mass is 16.3. The van der Waals surface area contributed by atoms with Crippen LogP contribution >= 0.6 is 0 Å². The summed E-state index contributed by atoms with van der Waals surface area (Å²) in [5.41, 5.74) is 8.28. The molecule has 0 aliphatic heterocycles. The van der Waals surface area contributed by atoms with Crippen LogP contribution in [0.1, 0.15) is 50.9 Å². The number of H-pyrrole nitrogens is 1. The number of hydrogen-bond donors (Lipinski definition) is 6. The van der Waals surface area contributed by atoms with Gasteiger partial charge in [0.15, 0.2) is 5.96 Å². The number of nitrogens with zero attached hydrogens (tertiary/aromatic N) is 2. The first-order valence-electron chi connectivity index (χ1n) is 10.8. The molecule has 0 bridgehead atoms. The summed E-state index contributed by atoms with van der Waals surface area (Å²) in [4.78, 5) is 20.1. The van der Waals surface area contributed by atoms with Crippen LogP contribution in [-0.2, 0) is 5.41 Å². The summed E-state index contributed by atoms with van der Waals surface area (Å²) in [6.07, 6.45) is 3.19. The lowest BCUT2D eigenvalue weighted by Crippen LogP contribution is -2.33. The zero-order valence-corrected chi connectivity index (χ0v) is 18.9. The Hall–Kier alpha value is -3.17. The van der Waals surface area contributed by atoms with E-state index < -0.39 is 0 Å². The molecule has 2 heterocycles. The van der Waals surface area contributed by atoms with Gasteiger partial charge in [-0.3, -0.25) is 9.98 Å². The van der Waals surface area contributed by atoms with Gasteiger partial charge in [0.1, 0.15) is 5.65 Å². The Morgan fingerprint density at radius 1 is 1.28 bits per heavy atom. The first-order chi connectivity index (χ1) is 15.2. The van der Waals surface area contributed by atoms with Gasteiger partial charge < -0.3 is 26.5 Å². The lowest BCUT2D eigenvalue weighted by molar-refractivity contribution is 0.265. The van der Waals surface area contributed by atoms with Crippen molar-refractivity contribution in [2.75, 3.05) is 19.7 Å². The molecule has 9 heteroatoms. The lowest BCUT2D eigenvalue weighted by atomic mass is 9.92. The van der Waals surface area contributed by atoms with Crippen molar-refractivity contribution >= 4 is 17.0 Å². The molecule has 0 unspecified atom stereocenters. The number of aliphatic hydroxyl groups excluding tert-OH is 1. The van der Waals surface area contributed by atoms with Gasteiger partial charge in [-0.05, 0) is 43.1 Å². The molecule has 0 amide bonds. The first kappa shape index (κ1) is 23.5. The van der Waals surface area contributed by atoms with E-state index in [4.69, 9.17) is 11.1 Å². The van der Waals surface area contributed by atoms with Crippen molar-refractivity contribution in [1.82, 2.24) is 25.2 Å². The second-order valence-corrected chi connectivity index (χ2v) is 8.93. The summed E-state index contributed by atoms with van der Waals surface area (Å²) in [7, 11) is 0. The third kappa shape index (κ3) is 5.74. The summed E-state index contributed by atoms with van der Waals surface area (Å²) in [5.74, 6) is -0.0373. The van der Waals surface area contributed by atoms with E-state index in [1.165, 1.54) is 0 Å². The van der Waals surface area contributed by atoms with E-state index in [0.29, 0.717) is 18.6 Å². The number of nitrogens with one attached hydrogen (secondary N) is 4. The molecule has 0 radical (unpaired) electrons. The first-order valence-corrected chi connectivity index (χ1v) is 10.8. The topological polar surface area (TPSA) is 145 Å². The average molecular weight is 440 g/mol. The fraction of sp³-hybridized carbons (Fsp3) is 0.435. The molecule has 2 aromatic heterocycles. The van der Waals surface area contributed by atoms with E-state index in [2.05, 4.69) is 41.4 Å². The van der Waals surface area contributed by atoms with Gasteiger partial charge in [0.2, 0.25) is 0 Å². The molecular formula is C23H33N7O2. The zero-order chi connectivity index (χ0) is 23.3. The lowest BCUT2D eigenvalue weighted by Gasteiger charge is -2.19. The third-order valence-corrected chi connectivity index (χ3v) is 5.37. The summed E-state index contributed by atoms with van der Waals surface area (Å²) in [5, 5.41) is 23.7. The Morgan fingerprint density at radius 3 is 2.62 bits per heavy atom. The fourth-order valence-corrected chi connectivity index (χ4v) is 3.55. The maximum absolute atomic E-state index is 12.6. The highest BCUT2D eigenvalue weighted by Gasteiger charge is 2.18. The molecule has 0 saturated carbocycles. The Morgan fingerprint density at radius 2 is 2.00 bits per heavy atom. The van der Waals surface area contributed by atoms with Crippen LogP contribution < -0.4 is 22.1 Å². The van der Waals surface area contributed by atoms with Gasteiger partial charge in [-0.25, -0.2) is 4.79 Å². The van der Waals surface area contributed by atoms with Gasteiger partial charge in [0.05, 0.1) is 5.69 Å². The van der Waals surface area contributed by atoms with Crippen LogP contribution in [0.25, 0.3) is 16.7 Å². The van der Waals surface area contributed by atoms with Crippen LogP contribution in [0, 0.1) is 5.41 Å². The number of fused-ring (bicyclic) bond motifs is 1. The Balaban J connectivity index is 1.77. The second kappa shape index (κ2) is 9.97. The van der Waals surface area contributed by atoms with Crippen molar-refractivity contribution < 1.29 is 5.11 Å². The molecule has 32 heavy (non-hydrogen) atoms. The normalized spacial score (nSPS) is 12.8. The van der Waals surface area contributed by atoms with Gasteiger partial charge >= 0.3 is 5.69 Å². The summed E-state index contributed by atoms with van der Waals surface area (Å²) in [6.45, 7) is 7.73. The highest BCUT2D eigenvalue weighted by Crippen LogP contribution is 2.25. The number of benzene rings is 1. The minimum absolute atomic E-state index is 0.0114. The monoisotopic (exact) mass is 439 g/mol. The van der Waals surface area contributed by atoms with E-state index in [9.17, 15) is 9.90 Å². The van der Waals surface area contributed by atoms with E-state index in [1.54, 1.807) is 4.57 Å². The third-order valence-electron chi connectivity index (χ3n) is 5.37. The number of nitrogens with two attached hydrogens (primary N) is 1. The molecule has 3 rings (SSSR count). The molecule has 3 aromatic rings. The number of rotatable bonds is 9. The van der Waals surface area contributed by atoms with Crippen molar-refractivity contribution in [3.05, 3.63) is 58.3 Å². The molecule has 0 aliphatic carbocycles. The maximum atomic E-state index is 12.6. The molecule has 1 atom stereocenters. The van der Waals surface area contributed by atoms with Gasteiger partial charge in [-0.2, -0.15) is 4.98 Å². The molecule has 0 aliphatic rings. The zero-order valence-electron chi connectivity index (χ0n) is 18.9. The molecule has 7 N–H and O–H groups in total. The van der Waals surface area contributed by atoms with Crippen LogP contribution in [0.15, 0.2) is 41.3 Å². The van der Waals surface area contributed by atoms with Gasteiger partial charge in [0.25, 0.3) is 0 Å². The molecular weight excluding hydrogens is 406 g/mol. The van der Waals surface area contributed by atoms with Crippen LogP contribution in [-0.4, -0.2) is 45.3 Å². The molecule has 172 valence electrons. The molecule has 0 fully saturated rings. The van der Waals surface area contributed by atoms with E-state index >= 15 is 0 Å². The van der Waals surface area contributed by atoms with Crippen molar-refractivity contribution in [3.8, 4) is 5.69 Å². The number of hydrogen-bond acceptors (Lipinski definition) is 5. The number of aromatic amines is 1. The second-order valence-electron chi connectivity index (χ2n) is 8.93. The van der Waals surface area contributed by atoms with Crippen LogP contribution in [0.5, 0.6) is 0 Å². The predicted molar refractivity (Wildman–Crippen MR) is 127 cm³/mol. The van der Waals surface area contributed by atoms with Gasteiger partial charge in [-0.1, -0.05) is 32.9 Å². The minimum Gasteiger partial charge on any atom is -0.396 e. The van der Waals surface area contributed by atoms with Crippen molar-refractivity contribution in [2.24, 2.45) is 5.73 Å². The standard InChI is InChI=1S/C23H33N7O2/c1-23(2,3)19-13-16-14-30(22(32)29-20(16)28-19)17-7-5-15(6-8-17)18(9-12-31)26-10-4-11-27-21(24)25/h5-8,13-14,18,26,31H,4,9-12H2,1-3H3,(H4,24,25,27)(H,28,29,32)/t18-/m1/s1. The summed E-state index contributed by atoms with van der Waals surface area (Å²) >= 11 is 0. The Bertz CT molecular complexity index is 1110. The smallest absolute Gasteiger partial charge is 0.354 e. The number of guanidine groups is 1. The Kier molecular flexibility index (Phi) is 7.32. The summed E-state index contributed by atoms with van der Waals surface area (Å²) in [6, 6.07) is 9.74. The number of aromatic nitrogens is 3. The van der Waals surface area contributed by atoms with E-state index in [1.807, 2.05) is 36.5 Å². The largest absolute Gasteiger partial charge is 0.396 e. The fourth-order valence-electron chi connectivity index (χ4n) is 3.55. The molecule has 0 saturated heterocycles. The highest BCUT2D eigenvalue weighted by molar-refractivity contribution is 5.76. The van der Waals surface area contributed by atoms with Crippen LogP contribution in [0.3, 0.4) is 0 Å². The predicted octanol–water partition coefficient (Wildman–Crippen LogP) is 1.90. The van der Waals surface area contributed by atoms with Crippen molar-refractivity contribution in [3.63, 3.8) is 0 Å². The average Bonchev–Trinajstić information content (AvgIpc) is 3.15. The van der Waals surface area contributed by atoms with Gasteiger partial charge in [-0.15, -0.1) is 0 Å². The van der Waals surface area contributed by atoms with Crippen molar-refractivity contribution in [2.45, 2.75) is 45.1 Å². The maximum Gasteiger partial charge on any atom is 0.354 e. The van der Waals surface area contributed by atoms with E-state index in [-0.39, 0.29) is 29.7 Å².